The third-order valence-corrected chi connectivity index (χ3v) is 3.73. The molecule has 0 bridgehead atoms. The first kappa shape index (κ1) is 12.1. The van der Waals surface area contributed by atoms with Gasteiger partial charge in [-0.3, -0.25) is 4.79 Å². The number of aryl methyl sites for hydroxylation is 1. The molecule has 1 aliphatic rings. The van der Waals surface area contributed by atoms with Crippen molar-refractivity contribution in [2.75, 3.05) is 11.4 Å². The molecular weight excluding hydrogens is 212 g/mol. The van der Waals surface area contributed by atoms with Crippen LogP contribution in [0.5, 0.6) is 0 Å². The molecule has 3 heteroatoms. The van der Waals surface area contributed by atoms with Gasteiger partial charge in [0.25, 0.3) is 0 Å². The predicted octanol–water partition coefficient (Wildman–Crippen LogP) is 2.09. The summed E-state index contributed by atoms with van der Waals surface area (Å²) in [5.41, 5.74) is 7.73. The number of hydrogen-bond acceptors (Lipinski definition) is 2. The van der Waals surface area contributed by atoms with E-state index < -0.39 is 5.41 Å². The fourth-order valence-electron chi connectivity index (χ4n) is 2.21. The number of piperidine rings is 1. The maximum absolute atomic E-state index is 12.4. The summed E-state index contributed by atoms with van der Waals surface area (Å²) in [6.07, 6.45) is 0.854. The molecule has 92 valence electrons. The van der Waals surface area contributed by atoms with Crippen molar-refractivity contribution in [1.82, 2.24) is 0 Å². The van der Waals surface area contributed by atoms with Crippen LogP contribution in [0.2, 0.25) is 0 Å². The van der Waals surface area contributed by atoms with Gasteiger partial charge in [-0.25, -0.2) is 0 Å². The van der Waals surface area contributed by atoms with Crippen LogP contribution in [0.25, 0.3) is 0 Å². The Balaban J connectivity index is 2.29. The lowest BCUT2D eigenvalue weighted by atomic mass is 9.78. The molecule has 0 aromatic heterocycles. The number of carbonyl (C=O) groups is 1. The summed E-state index contributed by atoms with van der Waals surface area (Å²) in [5.74, 6) is 0.125. The number of amides is 1. The minimum absolute atomic E-state index is 0.0447. The largest absolute Gasteiger partial charge is 0.327 e. The molecule has 1 saturated heterocycles. The van der Waals surface area contributed by atoms with Gasteiger partial charge in [0.2, 0.25) is 5.91 Å². The van der Waals surface area contributed by atoms with E-state index in [1.54, 1.807) is 0 Å². The topological polar surface area (TPSA) is 46.3 Å². The minimum atomic E-state index is -0.469. The van der Waals surface area contributed by atoms with Crippen molar-refractivity contribution in [3.05, 3.63) is 29.8 Å². The predicted molar refractivity (Wildman–Crippen MR) is 69.9 cm³/mol. The van der Waals surface area contributed by atoms with Gasteiger partial charge in [-0.2, -0.15) is 0 Å². The number of benzene rings is 1. The lowest BCUT2D eigenvalue weighted by molar-refractivity contribution is -0.129. The van der Waals surface area contributed by atoms with Gasteiger partial charge >= 0.3 is 0 Å². The Morgan fingerprint density at radius 2 is 1.88 bits per heavy atom. The lowest BCUT2D eigenvalue weighted by Gasteiger charge is -2.41. The monoisotopic (exact) mass is 232 g/mol. The number of nitrogens with two attached hydrogens (primary N) is 1. The van der Waals surface area contributed by atoms with Gasteiger partial charge < -0.3 is 10.6 Å². The molecule has 1 atom stereocenters. The summed E-state index contributed by atoms with van der Waals surface area (Å²) in [7, 11) is 0. The molecule has 2 rings (SSSR count). The molecule has 1 unspecified atom stereocenters. The zero-order valence-electron chi connectivity index (χ0n) is 10.7. The summed E-state index contributed by atoms with van der Waals surface area (Å²) < 4.78 is 0. The maximum atomic E-state index is 12.4. The molecule has 1 amide bonds. The second-order valence-corrected chi connectivity index (χ2v) is 5.41. The van der Waals surface area contributed by atoms with Crippen LogP contribution >= 0.6 is 0 Å². The summed E-state index contributed by atoms with van der Waals surface area (Å²) in [6.45, 7) is 6.62. The van der Waals surface area contributed by atoms with E-state index in [1.165, 1.54) is 5.56 Å². The van der Waals surface area contributed by atoms with E-state index in [-0.39, 0.29) is 11.9 Å². The number of nitrogens with zero attached hydrogens (tertiary/aromatic N) is 1. The van der Waals surface area contributed by atoms with Gasteiger partial charge in [-0.05, 0) is 39.3 Å². The van der Waals surface area contributed by atoms with Crippen LogP contribution in [0.4, 0.5) is 5.69 Å². The number of rotatable bonds is 1. The van der Waals surface area contributed by atoms with Crippen LogP contribution < -0.4 is 10.6 Å². The first-order valence-corrected chi connectivity index (χ1v) is 6.07. The normalized spacial score (nSPS) is 23.9. The number of anilines is 1. The molecule has 1 fully saturated rings. The highest BCUT2D eigenvalue weighted by Crippen LogP contribution is 2.32. The van der Waals surface area contributed by atoms with Crippen molar-refractivity contribution >= 4 is 11.6 Å². The Morgan fingerprint density at radius 1 is 1.29 bits per heavy atom. The number of carbonyl (C=O) groups excluding carboxylic acids is 1. The van der Waals surface area contributed by atoms with Crippen LogP contribution in [0.3, 0.4) is 0 Å². The molecule has 0 radical (unpaired) electrons. The van der Waals surface area contributed by atoms with Crippen molar-refractivity contribution < 1.29 is 4.79 Å². The molecule has 1 heterocycles. The Hall–Kier alpha value is -1.35. The highest BCUT2D eigenvalue weighted by Gasteiger charge is 2.41. The van der Waals surface area contributed by atoms with Crippen molar-refractivity contribution in [2.45, 2.75) is 33.2 Å². The van der Waals surface area contributed by atoms with Crippen LogP contribution in [0.1, 0.15) is 25.8 Å². The smallest absolute Gasteiger partial charge is 0.234 e. The van der Waals surface area contributed by atoms with Gasteiger partial charge in [0.15, 0.2) is 0 Å². The van der Waals surface area contributed by atoms with Crippen molar-refractivity contribution in [3.8, 4) is 0 Å². The van der Waals surface area contributed by atoms with Gasteiger partial charge in [-0.15, -0.1) is 0 Å². The Bertz CT molecular complexity index is 422. The molecule has 3 nitrogen and oxygen atoms in total. The Labute approximate surface area is 103 Å². The van der Waals surface area contributed by atoms with E-state index in [2.05, 4.69) is 0 Å². The summed E-state index contributed by atoms with van der Waals surface area (Å²) in [4.78, 5) is 14.2. The average molecular weight is 232 g/mol. The number of hydrogen-bond donors (Lipinski definition) is 1. The fourth-order valence-corrected chi connectivity index (χ4v) is 2.21. The van der Waals surface area contributed by atoms with Crippen LogP contribution in [0, 0.1) is 12.3 Å². The zero-order chi connectivity index (χ0) is 12.6. The Kier molecular flexibility index (Phi) is 2.96. The summed E-state index contributed by atoms with van der Waals surface area (Å²) in [5, 5.41) is 0. The van der Waals surface area contributed by atoms with E-state index in [4.69, 9.17) is 5.73 Å². The second kappa shape index (κ2) is 4.15. The van der Waals surface area contributed by atoms with E-state index in [1.807, 2.05) is 49.9 Å². The standard InChI is InChI=1S/C14H20N2O/c1-10-4-6-11(7-5-10)16-9-8-12(15)14(2,3)13(16)17/h4-7,12H,8-9,15H2,1-3H3. The highest BCUT2D eigenvalue weighted by atomic mass is 16.2. The van der Waals surface area contributed by atoms with E-state index in [9.17, 15) is 4.79 Å². The van der Waals surface area contributed by atoms with E-state index in [0.29, 0.717) is 6.54 Å². The highest BCUT2D eigenvalue weighted by molar-refractivity contribution is 5.98. The van der Waals surface area contributed by atoms with Crippen LogP contribution in [-0.2, 0) is 4.79 Å². The van der Waals surface area contributed by atoms with Gasteiger partial charge in [0.05, 0.1) is 5.41 Å². The molecule has 1 aromatic carbocycles. The minimum Gasteiger partial charge on any atom is -0.327 e. The van der Waals surface area contributed by atoms with Crippen LogP contribution in [0.15, 0.2) is 24.3 Å². The Morgan fingerprint density at radius 3 is 2.47 bits per heavy atom. The maximum Gasteiger partial charge on any atom is 0.234 e. The average Bonchev–Trinajstić information content (AvgIpc) is 2.29. The van der Waals surface area contributed by atoms with E-state index >= 15 is 0 Å². The molecule has 0 saturated carbocycles. The first-order chi connectivity index (χ1) is 7.93. The SMILES string of the molecule is Cc1ccc(N2CCC(N)C(C)(C)C2=O)cc1. The third kappa shape index (κ3) is 2.07. The van der Waals surface area contributed by atoms with Crippen molar-refractivity contribution in [1.29, 1.82) is 0 Å². The summed E-state index contributed by atoms with van der Waals surface area (Å²) >= 11 is 0. The molecule has 1 aliphatic heterocycles. The zero-order valence-corrected chi connectivity index (χ0v) is 10.7. The van der Waals surface area contributed by atoms with Crippen molar-refractivity contribution in [3.63, 3.8) is 0 Å². The van der Waals surface area contributed by atoms with E-state index in [0.717, 1.165) is 12.1 Å². The first-order valence-electron chi connectivity index (χ1n) is 6.07. The third-order valence-electron chi connectivity index (χ3n) is 3.73. The fraction of sp³-hybridized carbons (Fsp3) is 0.500. The quantitative estimate of drug-likeness (QED) is 0.806. The molecular formula is C14H20N2O. The molecule has 17 heavy (non-hydrogen) atoms. The molecule has 0 aliphatic carbocycles. The van der Waals surface area contributed by atoms with Crippen molar-refractivity contribution in [2.24, 2.45) is 11.1 Å². The lowest BCUT2D eigenvalue weighted by Crippen LogP contribution is -2.56. The molecule has 2 N–H and O–H groups in total. The molecule has 1 aromatic rings. The molecule has 0 spiro atoms. The summed E-state index contributed by atoms with van der Waals surface area (Å²) in [6, 6.07) is 8.02. The second-order valence-electron chi connectivity index (χ2n) is 5.41. The van der Waals surface area contributed by atoms with Gasteiger partial charge in [-0.1, -0.05) is 17.7 Å². The van der Waals surface area contributed by atoms with Gasteiger partial charge in [0.1, 0.15) is 0 Å². The van der Waals surface area contributed by atoms with Crippen LogP contribution in [-0.4, -0.2) is 18.5 Å². The van der Waals surface area contributed by atoms with Gasteiger partial charge in [0, 0.05) is 18.3 Å².